The van der Waals surface area contributed by atoms with Gasteiger partial charge in [0.2, 0.25) is 0 Å². The normalized spacial score (nSPS) is 12.3. The van der Waals surface area contributed by atoms with Crippen LogP contribution in [-0.4, -0.2) is 28.3 Å². The minimum absolute atomic E-state index is 0.112. The van der Waals surface area contributed by atoms with Crippen molar-refractivity contribution < 1.29 is 23.5 Å². The molecule has 2 unspecified atom stereocenters. The molecule has 0 fully saturated rings. The Bertz CT molecular complexity index is 983. The second-order valence-corrected chi connectivity index (χ2v) is 7.64. The van der Waals surface area contributed by atoms with E-state index in [4.69, 9.17) is 14.3 Å². The van der Waals surface area contributed by atoms with E-state index in [-0.39, 0.29) is 24.8 Å². The Labute approximate surface area is 165 Å². The molecule has 0 spiro atoms. The van der Waals surface area contributed by atoms with Gasteiger partial charge >= 0.3 is 8.60 Å². The molecule has 0 saturated heterocycles. The molecule has 0 aromatic heterocycles. The molecule has 3 aromatic rings. The fraction of sp³-hybridized carbons (Fsp3) is 0.150. The summed E-state index contributed by atoms with van der Waals surface area (Å²) in [7, 11) is -0.206. The van der Waals surface area contributed by atoms with Gasteiger partial charge in [0, 0.05) is 10.9 Å². The Kier molecular flexibility index (Phi) is 7.06. The van der Waals surface area contributed by atoms with Crippen LogP contribution in [0.1, 0.15) is 15.9 Å². The van der Waals surface area contributed by atoms with Crippen LogP contribution in [0.3, 0.4) is 0 Å². The Morgan fingerprint density at radius 1 is 1.11 bits per heavy atom. The number of halogens is 1. The first-order valence-electron chi connectivity index (χ1n) is 8.57. The first-order valence-corrected chi connectivity index (χ1v) is 10.3. The van der Waals surface area contributed by atoms with Gasteiger partial charge in [-0.3, -0.25) is 4.79 Å². The molecule has 3 aromatic carbocycles. The third kappa shape index (κ3) is 5.32. The van der Waals surface area contributed by atoms with Crippen molar-refractivity contribution in [3.8, 4) is 0 Å². The maximum Gasteiger partial charge on any atom is 0.327 e. The van der Waals surface area contributed by atoms with E-state index in [1.807, 2.05) is 30.3 Å². The lowest BCUT2D eigenvalue weighted by atomic mass is 10.0. The average molecular weight is 419 g/mol. The number of rotatable bonds is 7. The van der Waals surface area contributed by atoms with Gasteiger partial charge in [0.1, 0.15) is 5.82 Å². The van der Waals surface area contributed by atoms with E-state index >= 15 is 0 Å². The summed E-state index contributed by atoms with van der Waals surface area (Å²) in [4.78, 5) is 30.8. The summed E-state index contributed by atoms with van der Waals surface area (Å²) in [6, 6.07) is 17.2. The van der Waals surface area contributed by atoms with E-state index in [2.05, 4.69) is 14.6 Å². The second-order valence-electron chi connectivity index (χ2n) is 6.30. The summed E-state index contributed by atoms with van der Waals surface area (Å²) >= 11 is 0. The number of benzene rings is 3. The molecular formula is C20H20FNO4P2. The van der Waals surface area contributed by atoms with Crippen molar-refractivity contribution in [3.05, 3.63) is 77.6 Å². The molecule has 8 heteroatoms. The van der Waals surface area contributed by atoms with Crippen LogP contribution in [0.2, 0.25) is 0 Å². The van der Waals surface area contributed by atoms with Gasteiger partial charge in [-0.15, -0.1) is 9.24 Å². The molecule has 146 valence electrons. The Hall–Kier alpha value is -1.94. The van der Waals surface area contributed by atoms with Gasteiger partial charge in [0.25, 0.3) is 5.91 Å². The highest BCUT2D eigenvalue weighted by molar-refractivity contribution is 7.39. The molecule has 0 radical (unpaired) electrons. The molecule has 0 aliphatic heterocycles. The molecule has 1 amide bonds. The van der Waals surface area contributed by atoms with Gasteiger partial charge in [0.05, 0.1) is 12.6 Å². The molecule has 0 bridgehead atoms. The molecule has 2 atom stereocenters. The van der Waals surface area contributed by atoms with E-state index in [9.17, 15) is 9.18 Å². The first kappa shape index (κ1) is 20.8. The maximum absolute atomic E-state index is 13.8. The zero-order chi connectivity index (χ0) is 20.1. The summed E-state index contributed by atoms with van der Waals surface area (Å²) in [5.41, 5.74) is 1.15. The van der Waals surface area contributed by atoms with Gasteiger partial charge < -0.3 is 19.6 Å². The molecule has 0 heterocycles. The summed E-state index contributed by atoms with van der Waals surface area (Å²) in [6.07, 6.45) is 0.277. The van der Waals surface area contributed by atoms with E-state index in [0.717, 1.165) is 10.8 Å². The van der Waals surface area contributed by atoms with Crippen LogP contribution in [0, 0.1) is 5.82 Å². The quantitative estimate of drug-likeness (QED) is 0.515. The van der Waals surface area contributed by atoms with Crippen LogP contribution in [0.15, 0.2) is 60.7 Å². The lowest BCUT2D eigenvalue weighted by Crippen LogP contribution is -2.40. The summed E-state index contributed by atoms with van der Waals surface area (Å²) in [6.45, 7) is -0.112. The predicted molar refractivity (Wildman–Crippen MR) is 112 cm³/mol. The monoisotopic (exact) mass is 419 g/mol. The van der Waals surface area contributed by atoms with Crippen molar-refractivity contribution in [3.63, 3.8) is 0 Å². The van der Waals surface area contributed by atoms with Gasteiger partial charge in [-0.25, -0.2) is 4.39 Å². The predicted octanol–water partition coefficient (Wildman–Crippen LogP) is 3.05. The van der Waals surface area contributed by atoms with E-state index in [1.165, 1.54) is 6.07 Å². The highest BCUT2D eigenvalue weighted by Crippen LogP contribution is 2.25. The summed E-state index contributed by atoms with van der Waals surface area (Å²) in [5.74, 6) is -0.684. The number of carbonyl (C=O) groups is 1. The van der Waals surface area contributed by atoms with E-state index in [1.54, 1.807) is 24.3 Å². The van der Waals surface area contributed by atoms with Gasteiger partial charge in [-0.2, -0.15) is 0 Å². The van der Waals surface area contributed by atoms with Crippen molar-refractivity contribution in [2.24, 2.45) is 0 Å². The standard InChI is InChI=1S/C20H20FNO4P2/c21-18-7-3-6-15(19(18)27)11-17(12-26-28(24)25)22-20(23)16-9-8-13-4-1-2-5-14(13)10-16/h1-10,17,24-25H,11-12,27H2,(H,22,23). The van der Waals surface area contributed by atoms with Crippen LogP contribution in [0.25, 0.3) is 10.8 Å². The van der Waals surface area contributed by atoms with Crippen LogP contribution in [0.4, 0.5) is 4.39 Å². The second kappa shape index (κ2) is 9.51. The fourth-order valence-corrected chi connectivity index (χ4v) is 3.56. The third-order valence-electron chi connectivity index (χ3n) is 4.35. The van der Waals surface area contributed by atoms with Crippen LogP contribution in [0.5, 0.6) is 0 Å². The minimum Gasteiger partial charge on any atom is -0.347 e. The topological polar surface area (TPSA) is 78.8 Å². The third-order valence-corrected chi connectivity index (χ3v) is 5.37. The lowest BCUT2D eigenvalue weighted by molar-refractivity contribution is 0.0917. The maximum atomic E-state index is 13.8. The average Bonchev–Trinajstić information content (AvgIpc) is 2.69. The van der Waals surface area contributed by atoms with Gasteiger partial charge in [0.15, 0.2) is 0 Å². The van der Waals surface area contributed by atoms with Crippen LogP contribution in [-0.2, 0) is 10.9 Å². The van der Waals surface area contributed by atoms with E-state index in [0.29, 0.717) is 16.4 Å². The number of carbonyl (C=O) groups excluding carboxylic acids is 1. The number of amides is 1. The van der Waals surface area contributed by atoms with Gasteiger partial charge in [-0.1, -0.05) is 42.5 Å². The molecule has 3 N–H and O–H groups in total. The summed E-state index contributed by atoms with van der Waals surface area (Å²) in [5, 5.41) is 5.21. The van der Waals surface area contributed by atoms with E-state index < -0.39 is 14.6 Å². The Morgan fingerprint density at radius 3 is 2.61 bits per heavy atom. The first-order chi connectivity index (χ1) is 13.4. The largest absolute Gasteiger partial charge is 0.347 e. The molecule has 28 heavy (non-hydrogen) atoms. The molecule has 3 rings (SSSR count). The SMILES string of the molecule is O=C(NC(COP(O)O)Cc1cccc(F)c1P)c1ccc2ccccc2c1. The van der Waals surface area contributed by atoms with Crippen molar-refractivity contribution in [1.82, 2.24) is 5.32 Å². The fourth-order valence-electron chi connectivity index (χ4n) is 2.93. The number of hydrogen-bond acceptors (Lipinski definition) is 4. The molecular weight excluding hydrogens is 399 g/mol. The molecule has 5 nitrogen and oxygen atoms in total. The zero-order valence-corrected chi connectivity index (χ0v) is 16.9. The number of nitrogens with one attached hydrogen (secondary N) is 1. The summed E-state index contributed by atoms with van der Waals surface area (Å²) < 4.78 is 18.7. The minimum atomic E-state index is -2.55. The van der Waals surface area contributed by atoms with Crippen molar-refractivity contribution in [2.75, 3.05) is 6.61 Å². The van der Waals surface area contributed by atoms with Crippen molar-refractivity contribution in [1.29, 1.82) is 0 Å². The number of hydrogen-bond donors (Lipinski definition) is 3. The van der Waals surface area contributed by atoms with Crippen LogP contribution >= 0.6 is 17.8 Å². The smallest absolute Gasteiger partial charge is 0.327 e. The molecule has 0 saturated carbocycles. The highest BCUT2D eigenvalue weighted by atomic mass is 31.2. The molecule has 0 aliphatic carbocycles. The highest BCUT2D eigenvalue weighted by Gasteiger charge is 2.18. The zero-order valence-electron chi connectivity index (χ0n) is 14.9. The van der Waals surface area contributed by atoms with Crippen molar-refractivity contribution >= 4 is 39.8 Å². The Balaban J connectivity index is 1.79. The van der Waals surface area contributed by atoms with Crippen molar-refractivity contribution in [2.45, 2.75) is 12.5 Å². The van der Waals surface area contributed by atoms with Crippen LogP contribution < -0.4 is 10.6 Å². The lowest BCUT2D eigenvalue weighted by Gasteiger charge is -2.20. The number of fused-ring (bicyclic) bond motifs is 1. The Morgan fingerprint density at radius 2 is 1.86 bits per heavy atom. The molecule has 0 aliphatic rings. The van der Waals surface area contributed by atoms with Gasteiger partial charge in [-0.05, 0) is 41.0 Å².